The number of amides is 2. The molecule has 33 heavy (non-hydrogen) atoms. The molecule has 2 fully saturated rings. The Balaban J connectivity index is 1.45. The first kappa shape index (κ1) is 24.2. The highest BCUT2D eigenvalue weighted by Gasteiger charge is 2.36. The minimum atomic E-state index is -3.70. The van der Waals surface area contributed by atoms with E-state index < -0.39 is 10.0 Å². The molecular weight excluding hydrogens is 438 g/mol. The third-order valence-electron chi connectivity index (χ3n) is 7.45. The molecule has 2 amide bonds. The number of carbonyl (C=O) groups is 2. The SMILES string of the molecule is CC(=O)N1c2ccc(S(=O)(=O)N3CCC[C@H](C(=O)NC4CCCCCCC4)C3)cc2C[C@@H]1C. The maximum absolute atomic E-state index is 13.4. The Hall–Kier alpha value is -1.93. The van der Waals surface area contributed by atoms with Gasteiger partial charge in [-0.25, -0.2) is 8.42 Å². The van der Waals surface area contributed by atoms with Crippen LogP contribution in [0.15, 0.2) is 23.1 Å². The molecular formula is C25H37N3O4S. The molecule has 1 N–H and O–H groups in total. The molecule has 1 aromatic rings. The van der Waals surface area contributed by atoms with Gasteiger partial charge in [-0.2, -0.15) is 4.31 Å². The Labute approximate surface area is 198 Å². The smallest absolute Gasteiger partial charge is 0.243 e. The van der Waals surface area contributed by atoms with Crippen LogP contribution in [0.1, 0.15) is 77.2 Å². The lowest BCUT2D eigenvalue weighted by atomic mass is 9.94. The summed E-state index contributed by atoms with van der Waals surface area (Å²) < 4.78 is 28.4. The Kier molecular flexibility index (Phi) is 7.43. The molecule has 2 heterocycles. The first-order valence-electron chi connectivity index (χ1n) is 12.5. The van der Waals surface area contributed by atoms with Crippen molar-refractivity contribution in [3.05, 3.63) is 23.8 Å². The topological polar surface area (TPSA) is 86.8 Å². The molecule has 0 bridgehead atoms. The Bertz CT molecular complexity index is 985. The number of piperidine rings is 1. The lowest BCUT2D eigenvalue weighted by Gasteiger charge is -2.32. The minimum Gasteiger partial charge on any atom is -0.353 e. The van der Waals surface area contributed by atoms with Crippen LogP contribution in [-0.2, 0) is 26.0 Å². The molecule has 2 atom stereocenters. The lowest BCUT2D eigenvalue weighted by molar-refractivity contribution is -0.127. The van der Waals surface area contributed by atoms with Gasteiger partial charge in [-0.15, -0.1) is 0 Å². The number of nitrogens with zero attached hydrogens (tertiary/aromatic N) is 2. The van der Waals surface area contributed by atoms with Gasteiger partial charge in [0.25, 0.3) is 0 Å². The van der Waals surface area contributed by atoms with Crippen molar-refractivity contribution in [3.8, 4) is 0 Å². The molecule has 4 rings (SSSR count). The molecule has 1 saturated heterocycles. The van der Waals surface area contributed by atoms with E-state index in [2.05, 4.69) is 5.32 Å². The maximum atomic E-state index is 13.4. The number of fused-ring (bicyclic) bond motifs is 1. The van der Waals surface area contributed by atoms with Crippen LogP contribution in [0.25, 0.3) is 0 Å². The van der Waals surface area contributed by atoms with Crippen LogP contribution in [-0.4, -0.2) is 49.7 Å². The fourth-order valence-corrected chi connectivity index (χ4v) is 7.27. The Morgan fingerprint density at radius 3 is 2.39 bits per heavy atom. The Morgan fingerprint density at radius 1 is 1.00 bits per heavy atom. The number of hydrogen-bond donors (Lipinski definition) is 1. The normalized spacial score (nSPS) is 25.2. The van der Waals surface area contributed by atoms with E-state index in [1.165, 1.54) is 30.5 Å². The van der Waals surface area contributed by atoms with E-state index in [0.717, 1.165) is 43.4 Å². The molecule has 0 aromatic heterocycles. The number of sulfonamides is 1. The average molecular weight is 476 g/mol. The number of rotatable bonds is 4. The highest BCUT2D eigenvalue weighted by molar-refractivity contribution is 7.89. The summed E-state index contributed by atoms with van der Waals surface area (Å²) in [7, 11) is -3.70. The second kappa shape index (κ2) is 10.1. The number of carbonyl (C=O) groups excluding carboxylic acids is 2. The molecule has 7 nitrogen and oxygen atoms in total. The van der Waals surface area contributed by atoms with Crippen LogP contribution in [0.4, 0.5) is 5.69 Å². The fourth-order valence-electron chi connectivity index (χ4n) is 5.69. The van der Waals surface area contributed by atoms with Gasteiger partial charge in [-0.1, -0.05) is 32.1 Å². The molecule has 0 radical (unpaired) electrons. The monoisotopic (exact) mass is 475 g/mol. The summed E-state index contributed by atoms with van der Waals surface area (Å²) in [4.78, 5) is 27.0. The van der Waals surface area contributed by atoms with Gasteiger partial charge in [-0.05, 0) is 62.8 Å². The Morgan fingerprint density at radius 2 is 1.70 bits per heavy atom. The van der Waals surface area contributed by atoms with E-state index in [1.54, 1.807) is 23.1 Å². The standard InChI is InChI=1S/C25H37N3O4S/c1-18-15-21-16-23(12-13-24(21)28(18)19(2)29)33(31,32)27-14-8-9-20(17-27)25(30)26-22-10-6-4-3-5-7-11-22/h12-13,16,18,20,22H,3-11,14-15,17H2,1-2H3,(H,26,30)/t18-,20-/m0/s1. The largest absolute Gasteiger partial charge is 0.353 e. The fraction of sp³-hybridized carbons (Fsp3) is 0.680. The van der Waals surface area contributed by atoms with Crippen LogP contribution in [0.2, 0.25) is 0 Å². The second-order valence-electron chi connectivity index (χ2n) is 9.99. The summed E-state index contributed by atoms with van der Waals surface area (Å²) in [6.45, 7) is 4.17. The van der Waals surface area contributed by atoms with Gasteiger partial charge in [0.15, 0.2) is 0 Å². The van der Waals surface area contributed by atoms with Gasteiger partial charge in [0.1, 0.15) is 0 Å². The van der Waals surface area contributed by atoms with E-state index in [-0.39, 0.29) is 41.3 Å². The summed E-state index contributed by atoms with van der Waals surface area (Å²) in [6.07, 6.45) is 10.1. The van der Waals surface area contributed by atoms with Gasteiger partial charge < -0.3 is 10.2 Å². The zero-order valence-electron chi connectivity index (χ0n) is 19.9. The van der Waals surface area contributed by atoms with Crippen molar-refractivity contribution in [3.63, 3.8) is 0 Å². The van der Waals surface area contributed by atoms with Crippen molar-refractivity contribution in [2.24, 2.45) is 5.92 Å². The quantitative estimate of drug-likeness (QED) is 0.721. The van der Waals surface area contributed by atoms with E-state index in [1.807, 2.05) is 6.92 Å². The molecule has 1 aliphatic carbocycles. The van der Waals surface area contributed by atoms with Crippen molar-refractivity contribution in [1.82, 2.24) is 9.62 Å². The zero-order valence-corrected chi connectivity index (χ0v) is 20.7. The average Bonchev–Trinajstić information content (AvgIpc) is 3.10. The molecule has 182 valence electrons. The van der Waals surface area contributed by atoms with Crippen molar-refractivity contribution in [2.45, 2.75) is 95.0 Å². The summed E-state index contributed by atoms with van der Waals surface area (Å²) in [6, 6.07) is 5.29. The number of benzene rings is 1. The van der Waals surface area contributed by atoms with Gasteiger partial charge in [0.2, 0.25) is 21.8 Å². The van der Waals surface area contributed by atoms with Crippen LogP contribution in [0, 0.1) is 5.92 Å². The zero-order chi connectivity index (χ0) is 23.6. The van der Waals surface area contributed by atoms with Crippen LogP contribution < -0.4 is 10.2 Å². The lowest BCUT2D eigenvalue weighted by Crippen LogP contribution is -2.47. The molecule has 2 aliphatic heterocycles. The number of hydrogen-bond acceptors (Lipinski definition) is 4. The van der Waals surface area contributed by atoms with Crippen LogP contribution in [0.3, 0.4) is 0 Å². The number of anilines is 1. The summed E-state index contributed by atoms with van der Waals surface area (Å²) in [5, 5.41) is 3.22. The molecule has 1 saturated carbocycles. The third kappa shape index (κ3) is 5.27. The molecule has 0 spiro atoms. The van der Waals surface area contributed by atoms with Gasteiger partial charge in [0, 0.05) is 37.8 Å². The van der Waals surface area contributed by atoms with E-state index >= 15 is 0 Å². The number of nitrogens with one attached hydrogen (secondary N) is 1. The van der Waals surface area contributed by atoms with Crippen molar-refractivity contribution in [1.29, 1.82) is 0 Å². The second-order valence-corrected chi connectivity index (χ2v) is 11.9. The summed E-state index contributed by atoms with van der Waals surface area (Å²) >= 11 is 0. The maximum Gasteiger partial charge on any atom is 0.243 e. The van der Waals surface area contributed by atoms with Crippen molar-refractivity contribution in [2.75, 3.05) is 18.0 Å². The van der Waals surface area contributed by atoms with E-state index in [9.17, 15) is 18.0 Å². The first-order chi connectivity index (χ1) is 15.8. The van der Waals surface area contributed by atoms with Crippen LogP contribution >= 0.6 is 0 Å². The van der Waals surface area contributed by atoms with E-state index in [4.69, 9.17) is 0 Å². The molecule has 1 aromatic carbocycles. The molecule has 8 heteroatoms. The predicted octanol–water partition coefficient (Wildman–Crippen LogP) is 3.61. The molecule has 0 unspecified atom stereocenters. The van der Waals surface area contributed by atoms with Gasteiger partial charge in [-0.3, -0.25) is 9.59 Å². The van der Waals surface area contributed by atoms with Gasteiger partial charge in [0.05, 0.1) is 10.8 Å². The third-order valence-corrected chi connectivity index (χ3v) is 9.31. The summed E-state index contributed by atoms with van der Waals surface area (Å²) in [5.41, 5.74) is 1.68. The predicted molar refractivity (Wildman–Crippen MR) is 129 cm³/mol. The highest BCUT2D eigenvalue weighted by atomic mass is 32.2. The van der Waals surface area contributed by atoms with E-state index in [0.29, 0.717) is 19.4 Å². The first-order valence-corrected chi connectivity index (χ1v) is 13.9. The van der Waals surface area contributed by atoms with Crippen LogP contribution in [0.5, 0.6) is 0 Å². The minimum absolute atomic E-state index is 0.000326. The van der Waals surface area contributed by atoms with Crippen molar-refractivity contribution >= 4 is 27.5 Å². The van der Waals surface area contributed by atoms with Gasteiger partial charge >= 0.3 is 0 Å². The molecule has 3 aliphatic rings. The highest BCUT2D eigenvalue weighted by Crippen LogP contribution is 2.35. The van der Waals surface area contributed by atoms with Crippen molar-refractivity contribution < 1.29 is 18.0 Å². The summed E-state index contributed by atoms with van der Waals surface area (Å²) in [5.74, 6) is -0.340.